The van der Waals surface area contributed by atoms with Gasteiger partial charge in [0.2, 0.25) is 5.96 Å². The maximum atomic E-state index is 7.35. The van der Waals surface area contributed by atoms with Crippen molar-refractivity contribution >= 4 is 12.2 Å². The van der Waals surface area contributed by atoms with E-state index in [1.54, 1.807) is 14.1 Å². The summed E-state index contributed by atoms with van der Waals surface area (Å²) in [6.45, 7) is 6.19. The molecule has 0 aliphatic carbocycles. The van der Waals surface area contributed by atoms with E-state index in [4.69, 9.17) is 5.41 Å². The van der Waals surface area contributed by atoms with Crippen molar-refractivity contribution in [1.82, 2.24) is 10.3 Å². The predicted molar refractivity (Wildman–Crippen MR) is 52.5 cm³/mol. The van der Waals surface area contributed by atoms with E-state index in [-0.39, 0.29) is 11.4 Å². The molecule has 12 heavy (non-hydrogen) atoms. The van der Waals surface area contributed by atoms with Crippen LogP contribution in [0.5, 0.6) is 0 Å². The molecule has 0 amide bonds. The number of rotatable bonds is 1. The molecule has 0 saturated carbocycles. The molecule has 0 bridgehead atoms. The molecule has 0 unspecified atom stereocenters. The Labute approximate surface area is 74.2 Å². The van der Waals surface area contributed by atoms with Crippen molar-refractivity contribution in [3.05, 3.63) is 0 Å². The first kappa shape index (κ1) is 10.9. The maximum Gasteiger partial charge on any atom is 0.211 e. The normalized spacial score (nSPS) is 11.8. The Morgan fingerprint density at radius 1 is 1.50 bits per heavy atom. The van der Waals surface area contributed by atoms with Crippen LogP contribution in [-0.2, 0) is 0 Å². The van der Waals surface area contributed by atoms with Crippen LogP contribution in [0, 0.1) is 10.8 Å². The molecular formula is C8H18N4. The van der Waals surface area contributed by atoms with Crippen LogP contribution in [0.4, 0.5) is 0 Å². The molecule has 0 atom stereocenters. The molecule has 0 aromatic rings. The van der Waals surface area contributed by atoms with Crippen molar-refractivity contribution in [2.45, 2.75) is 20.8 Å². The van der Waals surface area contributed by atoms with Crippen LogP contribution in [0.25, 0.3) is 0 Å². The molecule has 0 fully saturated rings. The zero-order valence-corrected chi connectivity index (χ0v) is 8.47. The van der Waals surface area contributed by atoms with Gasteiger partial charge in [-0.05, 0) is 5.41 Å². The molecule has 2 N–H and O–H groups in total. The summed E-state index contributed by atoms with van der Waals surface area (Å²) in [6, 6.07) is 0. The molecular weight excluding hydrogens is 152 g/mol. The molecule has 0 aromatic heterocycles. The second-order valence-corrected chi connectivity index (χ2v) is 3.73. The molecule has 0 aliphatic rings. The van der Waals surface area contributed by atoms with E-state index in [2.05, 4.69) is 31.2 Å². The third-order valence-electron chi connectivity index (χ3n) is 1.18. The Kier molecular flexibility index (Phi) is 3.73. The molecule has 0 rings (SSSR count). The first-order valence-corrected chi connectivity index (χ1v) is 3.92. The molecule has 0 heterocycles. The number of hydrazone groups is 1. The lowest BCUT2D eigenvalue weighted by Crippen LogP contribution is -2.32. The van der Waals surface area contributed by atoms with Crippen LogP contribution in [0.3, 0.4) is 0 Å². The topological polar surface area (TPSA) is 51.5 Å². The SMILES string of the molecule is CNC(=N)N(C)/N=C/C(C)(C)C. The van der Waals surface area contributed by atoms with Gasteiger partial charge in [-0.1, -0.05) is 20.8 Å². The lowest BCUT2D eigenvalue weighted by Gasteiger charge is -2.16. The summed E-state index contributed by atoms with van der Waals surface area (Å²) in [5, 5.41) is 15.6. The fourth-order valence-corrected chi connectivity index (χ4v) is 0.479. The van der Waals surface area contributed by atoms with E-state index >= 15 is 0 Å². The largest absolute Gasteiger partial charge is 0.358 e. The van der Waals surface area contributed by atoms with Gasteiger partial charge in [-0.3, -0.25) is 5.41 Å². The molecule has 0 aliphatic heterocycles. The van der Waals surface area contributed by atoms with Gasteiger partial charge in [-0.2, -0.15) is 5.10 Å². The van der Waals surface area contributed by atoms with E-state index < -0.39 is 0 Å². The second kappa shape index (κ2) is 4.09. The average Bonchev–Trinajstić information content (AvgIpc) is 1.97. The maximum absolute atomic E-state index is 7.35. The molecule has 0 spiro atoms. The quantitative estimate of drug-likeness (QED) is 0.352. The molecule has 0 saturated heterocycles. The number of nitrogens with one attached hydrogen (secondary N) is 2. The van der Waals surface area contributed by atoms with Crippen molar-refractivity contribution in [2.24, 2.45) is 10.5 Å². The van der Waals surface area contributed by atoms with Gasteiger partial charge in [-0.25, -0.2) is 5.01 Å². The van der Waals surface area contributed by atoms with Crippen LogP contribution < -0.4 is 5.32 Å². The molecule has 0 aromatic carbocycles. The molecule has 0 radical (unpaired) electrons. The molecule has 4 heteroatoms. The van der Waals surface area contributed by atoms with E-state index in [1.807, 2.05) is 6.21 Å². The summed E-state index contributed by atoms with van der Waals surface area (Å²) in [4.78, 5) is 0. The highest BCUT2D eigenvalue weighted by Gasteiger charge is 2.06. The smallest absolute Gasteiger partial charge is 0.211 e. The van der Waals surface area contributed by atoms with Crippen molar-refractivity contribution < 1.29 is 0 Å². The Morgan fingerprint density at radius 2 is 2.00 bits per heavy atom. The van der Waals surface area contributed by atoms with E-state index in [1.165, 1.54) is 5.01 Å². The first-order valence-electron chi connectivity index (χ1n) is 3.92. The van der Waals surface area contributed by atoms with Crippen LogP contribution in [0.1, 0.15) is 20.8 Å². The fraction of sp³-hybridized carbons (Fsp3) is 0.750. The monoisotopic (exact) mass is 170 g/mol. The van der Waals surface area contributed by atoms with E-state index in [0.717, 1.165) is 0 Å². The highest BCUT2D eigenvalue weighted by atomic mass is 15.5. The van der Waals surface area contributed by atoms with Gasteiger partial charge < -0.3 is 5.32 Å². The van der Waals surface area contributed by atoms with E-state index in [9.17, 15) is 0 Å². The van der Waals surface area contributed by atoms with Gasteiger partial charge in [0.15, 0.2) is 0 Å². The van der Waals surface area contributed by atoms with Gasteiger partial charge in [0.25, 0.3) is 0 Å². The summed E-state index contributed by atoms with van der Waals surface area (Å²) >= 11 is 0. The van der Waals surface area contributed by atoms with Crippen LogP contribution in [0.15, 0.2) is 5.10 Å². The minimum absolute atomic E-state index is 0.0578. The van der Waals surface area contributed by atoms with Gasteiger partial charge in [0, 0.05) is 20.3 Å². The number of guanidine groups is 1. The third kappa shape index (κ3) is 4.71. The van der Waals surface area contributed by atoms with E-state index in [0.29, 0.717) is 0 Å². The number of hydrogen-bond acceptors (Lipinski definition) is 2. The second-order valence-electron chi connectivity index (χ2n) is 3.73. The lowest BCUT2D eigenvalue weighted by molar-refractivity contribution is 0.503. The van der Waals surface area contributed by atoms with Crippen LogP contribution in [0.2, 0.25) is 0 Å². The first-order chi connectivity index (χ1) is 5.37. The van der Waals surface area contributed by atoms with Gasteiger partial charge in [0.05, 0.1) is 0 Å². The Bertz CT molecular complexity index is 178. The Hall–Kier alpha value is -1.06. The third-order valence-corrected chi connectivity index (χ3v) is 1.18. The summed E-state index contributed by atoms with van der Waals surface area (Å²) in [5.41, 5.74) is 0.0578. The number of hydrogen-bond donors (Lipinski definition) is 2. The molecule has 4 nitrogen and oxygen atoms in total. The van der Waals surface area contributed by atoms with Gasteiger partial charge >= 0.3 is 0 Å². The highest BCUT2D eigenvalue weighted by molar-refractivity contribution is 5.77. The van der Waals surface area contributed by atoms with Gasteiger partial charge in [0.1, 0.15) is 0 Å². The number of nitrogens with zero attached hydrogens (tertiary/aromatic N) is 2. The Balaban J connectivity index is 4.09. The van der Waals surface area contributed by atoms with Gasteiger partial charge in [-0.15, -0.1) is 0 Å². The minimum Gasteiger partial charge on any atom is -0.358 e. The molecule has 70 valence electrons. The zero-order valence-electron chi connectivity index (χ0n) is 8.47. The fourth-order valence-electron chi connectivity index (χ4n) is 0.479. The predicted octanol–water partition coefficient (Wildman–Crippen LogP) is 1.10. The average molecular weight is 170 g/mol. The summed E-state index contributed by atoms with van der Waals surface area (Å²) in [7, 11) is 3.44. The van der Waals surface area contributed by atoms with Crippen molar-refractivity contribution in [3.63, 3.8) is 0 Å². The summed E-state index contributed by atoms with van der Waals surface area (Å²) in [5.74, 6) is 0.288. The summed E-state index contributed by atoms with van der Waals surface area (Å²) in [6.07, 6.45) is 1.82. The lowest BCUT2D eigenvalue weighted by atomic mass is 9.99. The standard InChI is InChI=1S/C8H18N4/c1-8(2,3)6-11-12(5)7(9)10-4/h6H,1-5H3,(H2,9,10)/b11-6+. The minimum atomic E-state index is 0.0578. The van der Waals surface area contributed by atoms with Crippen molar-refractivity contribution in [1.29, 1.82) is 5.41 Å². The van der Waals surface area contributed by atoms with Crippen molar-refractivity contribution in [3.8, 4) is 0 Å². The summed E-state index contributed by atoms with van der Waals surface area (Å²) < 4.78 is 0. The highest BCUT2D eigenvalue weighted by Crippen LogP contribution is 2.08. The zero-order chi connectivity index (χ0) is 9.78. The van der Waals surface area contributed by atoms with Crippen LogP contribution >= 0.6 is 0 Å². The van der Waals surface area contributed by atoms with Crippen molar-refractivity contribution in [2.75, 3.05) is 14.1 Å². The van der Waals surface area contributed by atoms with Crippen LogP contribution in [-0.4, -0.2) is 31.3 Å². The Morgan fingerprint density at radius 3 is 2.33 bits per heavy atom.